The first-order chi connectivity index (χ1) is 9.75. The Hall–Kier alpha value is -1.70. The number of allylic oxidation sites excluding steroid dienone is 4. The predicted molar refractivity (Wildman–Crippen MR) is 78.0 cm³/mol. The van der Waals surface area contributed by atoms with Crippen molar-refractivity contribution in [3.05, 3.63) is 58.9 Å². The third-order valence-electron chi connectivity index (χ3n) is 4.43. The summed E-state index contributed by atoms with van der Waals surface area (Å²) in [7, 11) is 0. The van der Waals surface area contributed by atoms with Crippen LogP contribution in [0.1, 0.15) is 50.0 Å². The normalized spacial score (nSPS) is 23.2. The molecule has 2 aliphatic carbocycles. The predicted octanol–water partition coefficient (Wildman–Crippen LogP) is 4.70. The molecular formula is C18H19FO. The molecule has 1 nitrogen and oxygen atoms in total. The van der Waals surface area contributed by atoms with Crippen molar-refractivity contribution in [3.8, 4) is 0 Å². The first kappa shape index (κ1) is 13.3. The Balaban J connectivity index is 1.83. The lowest BCUT2D eigenvalue weighted by atomic mass is 9.80. The van der Waals surface area contributed by atoms with Gasteiger partial charge in [-0.2, -0.15) is 0 Å². The minimum absolute atomic E-state index is 0.109. The lowest BCUT2D eigenvalue weighted by Gasteiger charge is -2.24. The highest BCUT2D eigenvalue weighted by Gasteiger charge is 2.23. The largest absolute Gasteiger partial charge is 0.294 e. The quantitative estimate of drug-likeness (QED) is 0.723. The highest BCUT2D eigenvalue weighted by Crippen LogP contribution is 2.36. The number of rotatable bonds is 1. The van der Waals surface area contributed by atoms with E-state index in [1.165, 1.54) is 11.6 Å². The van der Waals surface area contributed by atoms with Crippen molar-refractivity contribution in [1.82, 2.24) is 0 Å². The van der Waals surface area contributed by atoms with Gasteiger partial charge >= 0.3 is 0 Å². The van der Waals surface area contributed by atoms with E-state index in [0.29, 0.717) is 6.42 Å². The van der Waals surface area contributed by atoms with Gasteiger partial charge in [-0.3, -0.25) is 4.79 Å². The molecule has 1 atom stereocenters. The summed E-state index contributed by atoms with van der Waals surface area (Å²) in [6.45, 7) is 0. The minimum atomic E-state index is -0.109. The molecule has 0 spiro atoms. The van der Waals surface area contributed by atoms with Gasteiger partial charge in [-0.1, -0.05) is 30.4 Å². The van der Waals surface area contributed by atoms with Gasteiger partial charge in [-0.05, 0) is 60.8 Å². The molecule has 0 heterocycles. The van der Waals surface area contributed by atoms with Gasteiger partial charge in [0, 0.05) is 6.42 Å². The first-order valence-electron chi connectivity index (χ1n) is 7.42. The molecule has 0 saturated heterocycles. The molecule has 0 aromatic heterocycles. The SMILES string of the molecule is O=C1CC=CC2=C1CCC(c1ccccc1F)CCC2. The second kappa shape index (κ2) is 5.74. The van der Waals surface area contributed by atoms with Crippen molar-refractivity contribution in [1.29, 1.82) is 0 Å². The Kier molecular flexibility index (Phi) is 3.81. The molecule has 1 aromatic rings. The average molecular weight is 270 g/mol. The number of halogens is 1. The maximum absolute atomic E-state index is 13.9. The highest BCUT2D eigenvalue weighted by atomic mass is 19.1. The van der Waals surface area contributed by atoms with E-state index in [9.17, 15) is 9.18 Å². The number of Topliss-reactive ketones (excluding diaryl/α,β-unsaturated/α-hetero) is 1. The fourth-order valence-electron chi connectivity index (χ4n) is 3.36. The van der Waals surface area contributed by atoms with E-state index in [-0.39, 0.29) is 17.5 Å². The molecule has 0 radical (unpaired) electrons. The molecule has 0 bridgehead atoms. The molecule has 0 N–H and O–H groups in total. The van der Waals surface area contributed by atoms with Crippen molar-refractivity contribution < 1.29 is 9.18 Å². The summed E-state index contributed by atoms with van der Waals surface area (Å²) in [5.41, 5.74) is 3.03. The summed E-state index contributed by atoms with van der Waals surface area (Å²) >= 11 is 0. The molecular weight excluding hydrogens is 251 g/mol. The van der Waals surface area contributed by atoms with E-state index < -0.39 is 0 Å². The number of benzene rings is 1. The van der Waals surface area contributed by atoms with Crippen LogP contribution in [-0.4, -0.2) is 5.78 Å². The Morgan fingerprint density at radius 3 is 2.80 bits per heavy atom. The van der Waals surface area contributed by atoms with Crippen molar-refractivity contribution in [2.24, 2.45) is 0 Å². The van der Waals surface area contributed by atoms with Crippen LogP contribution in [0.2, 0.25) is 0 Å². The van der Waals surface area contributed by atoms with Crippen molar-refractivity contribution >= 4 is 5.78 Å². The van der Waals surface area contributed by atoms with E-state index >= 15 is 0 Å². The maximum Gasteiger partial charge on any atom is 0.162 e. The van der Waals surface area contributed by atoms with Gasteiger partial charge in [0.25, 0.3) is 0 Å². The Labute approximate surface area is 119 Å². The molecule has 2 heteroatoms. The second-order valence-corrected chi connectivity index (χ2v) is 5.68. The Bertz CT molecular complexity index is 583. The fraction of sp³-hybridized carbons (Fsp3) is 0.389. The molecule has 104 valence electrons. The van der Waals surface area contributed by atoms with Crippen LogP contribution in [-0.2, 0) is 4.79 Å². The molecule has 2 aliphatic rings. The summed E-state index contributed by atoms with van der Waals surface area (Å²) in [6.07, 6.45) is 9.25. The smallest absolute Gasteiger partial charge is 0.162 e. The molecule has 0 aliphatic heterocycles. The van der Waals surface area contributed by atoms with E-state index in [0.717, 1.165) is 43.2 Å². The van der Waals surface area contributed by atoms with Gasteiger partial charge in [0.15, 0.2) is 5.78 Å². The van der Waals surface area contributed by atoms with Crippen LogP contribution in [0.5, 0.6) is 0 Å². The van der Waals surface area contributed by atoms with Crippen LogP contribution >= 0.6 is 0 Å². The fourth-order valence-corrected chi connectivity index (χ4v) is 3.36. The third kappa shape index (κ3) is 2.60. The van der Waals surface area contributed by atoms with Crippen LogP contribution in [0.15, 0.2) is 47.6 Å². The third-order valence-corrected chi connectivity index (χ3v) is 4.43. The molecule has 1 aromatic carbocycles. The van der Waals surface area contributed by atoms with Crippen LogP contribution in [0, 0.1) is 5.82 Å². The summed E-state index contributed by atoms with van der Waals surface area (Å²) in [4.78, 5) is 12.0. The minimum Gasteiger partial charge on any atom is -0.294 e. The maximum atomic E-state index is 13.9. The van der Waals surface area contributed by atoms with E-state index in [4.69, 9.17) is 0 Å². The highest BCUT2D eigenvalue weighted by molar-refractivity contribution is 5.98. The zero-order chi connectivity index (χ0) is 13.9. The Morgan fingerprint density at radius 1 is 1.10 bits per heavy atom. The molecule has 0 amide bonds. The van der Waals surface area contributed by atoms with Gasteiger partial charge in [0.2, 0.25) is 0 Å². The topological polar surface area (TPSA) is 17.1 Å². The first-order valence-corrected chi connectivity index (χ1v) is 7.42. The van der Waals surface area contributed by atoms with Gasteiger partial charge in [0.1, 0.15) is 5.82 Å². The van der Waals surface area contributed by atoms with E-state index in [1.54, 1.807) is 6.07 Å². The summed E-state index contributed by atoms with van der Waals surface area (Å²) in [6, 6.07) is 7.06. The second-order valence-electron chi connectivity index (χ2n) is 5.68. The van der Waals surface area contributed by atoms with Gasteiger partial charge in [-0.25, -0.2) is 4.39 Å². The van der Waals surface area contributed by atoms with Crippen LogP contribution in [0.4, 0.5) is 4.39 Å². The summed E-state index contributed by atoms with van der Waals surface area (Å²) in [5.74, 6) is 0.391. The molecule has 20 heavy (non-hydrogen) atoms. The molecule has 1 unspecified atom stereocenters. The molecule has 0 saturated carbocycles. The van der Waals surface area contributed by atoms with E-state index in [2.05, 4.69) is 6.08 Å². The zero-order valence-electron chi connectivity index (χ0n) is 11.6. The summed E-state index contributed by atoms with van der Waals surface area (Å²) in [5, 5.41) is 0. The summed E-state index contributed by atoms with van der Waals surface area (Å²) < 4.78 is 13.9. The van der Waals surface area contributed by atoms with Gasteiger partial charge in [-0.15, -0.1) is 0 Å². The number of hydrogen-bond donors (Lipinski definition) is 0. The van der Waals surface area contributed by atoms with Crippen molar-refractivity contribution in [2.75, 3.05) is 0 Å². The van der Waals surface area contributed by atoms with E-state index in [1.807, 2.05) is 18.2 Å². The van der Waals surface area contributed by atoms with Crippen LogP contribution in [0.3, 0.4) is 0 Å². The standard InChI is InChI=1S/C18H19FO/c19-17-9-2-1-8-15(17)14-6-3-5-13-7-4-10-18(20)16(13)12-11-14/h1-2,4,7-9,14H,3,5-6,10-12H2. The Morgan fingerprint density at radius 2 is 1.95 bits per heavy atom. The van der Waals surface area contributed by atoms with Crippen LogP contribution < -0.4 is 0 Å². The number of carbonyl (C=O) groups is 1. The number of ketones is 1. The number of hydrogen-bond acceptors (Lipinski definition) is 1. The monoisotopic (exact) mass is 270 g/mol. The van der Waals surface area contributed by atoms with Gasteiger partial charge < -0.3 is 0 Å². The van der Waals surface area contributed by atoms with Crippen LogP contribution in [0.25, 0.3) is 0 Å². The van der Waals surface area contributed by atoms with Crippen molar-refractivity contribution in [3.63, 3.8) is 0 Å². The number of carbonyl (C=O) groups excluding carboxylic acids is 1. The molecule has 0 fully saturated rings. The lowest BCUT2D eigenvalue weighted by molar-refractivity contribution is -0.115. The lowest BCUT2D eigenvalue weighted by Crippen LogP contribution is -2.13. The van der Waals surface area contributed by atoms with Gasteiger partial charge in [0.05, 0.1) is 0 Å². The average Bonchev–Trinajstić information content (AvgIpc) is 2.42. The zero-order valence-corrected chi connectivity index (χ0v) is 11.6. The molecule has 3 rings (SSSR count). The van der Waals surface area contributed by atoms with Crippen molar-refractivity contribution in [2.45, 2.75) is 44.4 Å².